The minimum Gasteiger partial charge on any atom is -0.383 e. The maximum Gasteiger partial charge on any atom is 0.237 e. The van der Waals surface area contributed by atoms with Crippen molar-refractivity contribution in [3.05, 3.63) is 22.2 Å². The lowest BCUT2D eigenvalue weighted by Crippen LogP contribution is -2.10. The van der Waals surface area contributed by atoms with E-state index in [-0.39, 0.29) is 5.71 Å². The Balaban J connectivity index is 3.04. The van der Waals surface area contributed by atoms with Crippen LogP contribution < -0.4 is 10.7 Å². The van der Waals surface area contributed by atoms with Crippen LogP contribution in [-0.2, 0) is 0 Å². The second-order valence-electron chi connectivity index (χ2n) is 4.38. The predicted octanol–water partition coefficient (Wildman–Crippen LogP) is 3.88. The second-order valence-corrected chi connectivity index (χ2v) is 5.20. The smallest absolute Gasteiger partial charge is 0.237 e. The van der Waals surface area contributed by atoms with Crippen molar-refractivity contribution in [1.82, 2.24) is 0 Å². The number of hydrazone groups is 1. The molecule has 0 saturated heterocycles. The summed E-state index contributed by atoms with van der Waals surface area (Å²) in [5.74, 6) is 0.439. The quantitative estimate of drug-likeness (QED) is 0.638. The van der Waals surface area contributed by atoms with E-state index in [0.717, 1.165) is 6.54 Å². The van der Waals surface area contributed by atoms with E-state index >= 15 is 0 Å². The van der Waals surface area contributed by atoms with Crippen molar-refractivity contribution in [3.63, 3.8) is 0 Å². The van der Waals surface area contributed by atoms with Crippen LogP contribution in [0.15, 0.2) is 17.2 Å². The standard InChI is InChI=1S/C13H13Cl2N5/c1-8(2)7-18-12-3-10(14)11(15)4-13(12)20-19-9(5-16)6-17/h3-4,8,18,20H,7H2,1-2H3. The third kappa shape index (κ3) is 4.62. The van der Waals surface area contributed by atoms with Gasteiger partial charge in [0.1, 0.15) is 12.1 Å². The van der Waals surface area contributed by atoms with Gasteiger partial charge in [-0.25, -0.2) is 0 Å². The maximum absolute atomic E-state index is 8.64. The van der Waals surface area contributed by atoms with Gasteiger partial charge in [0.15, 0.2) is 0 Å². The highest BCUT2D eigenvalue weighted by Crippen LogP contribution is 2.32. The van der Waals surface area contributed by atoms with Gasteiger partial charge >= 0.3 is 0 Å². The Labute approximate surface area is 127 Å². The fourth-order valence-electron chi connectivity index (χ4n) is 1.29. The number of hydrogen-bond acceptors (Lipinski definition) is 5. The van der Waals surface area contributed by atoms with E-state index in [1.165, 1.54) is 0 Å². The van der Waals surface area contributed by atoms with Crippen molar-refractivity contribution in [2.45, 2.75) is 13.8 Å². The average molecular weight is 310 g/mol. The van der Waals surface area contributed by atoms with E-state index in [1.807, 2.05) is 0 Å². The average Bonchev–Trinajstić information content (AvgIpc) is 2.41. The molecule has 1 aromatic carbocycles. The van der Waals surface area contributed by atoms with Gasteiger partial charge in [-0.15, -0.1) is 0 Å². The summed E-state index contributed by atoms with van der Waals surface area (Å²) in [6.07, 6.45) is 0. The van der Waals surface area contributed by atoms with E-state index in [9.17, 15) is 0 Å². The molecule has 0 unspecified atom stereocenters. The van der Waals surface area contributed by atoms with Gasteiger partial charge in [-0.2, -0.15) is 15.6 Å². The normalized spacial score (nSPS) is 9.55. The third-order valence-corrected chi connectivity index (χ3v) is 2.98. The van der Waals surface area contributed by atoms with Crippen LogP contribution in [0, 0.1) is 28.6 Å². The second kappa shape index (κ2) is 7.59. The SMILES string of the molecule is CC(C)CNc1cc(Cl)c(Cl)cc1NN=C(C#N)C#N. The zero-order valence-corrected chi connectivity index (χ0v) is 12.5. The van der Waals surface area contributed by atoms with Crippen LogP contribution in [-0.4, -0.2) is 12.3 Å². The molecule has 20 heavy (non-hydrogen) atoms. The molecule has 0 spiro atoms. The Morgan fingerprint density at radius 2 is 1.75 bits per heavy atom. The summed E-state index contributed by atoms with van der Waals surface area (Å²) in [7, 11) is 0. The molecule has 0 aliphatic heterocycles. The molecule has 7 heteroatoms. The van der Waals surface area contributed by atoms with Crippen molar-refractivity contribution < 1.29 is 0 Å². The molecular formula is C13H13Cl2N5. The first-order chi connectivity index (χ1) is 9.47. The lowest BCUT2D eigenvalue weighted by Gasteiger charge is -2.14. The Hall–Kier alpha value is -1.95. The first-order valence-electron chi connectivity index (χ1n) is 5.84. The minimum atomic E-state index is -0.272. The van der Waals surface area contributed by atoms with E-state index < -0.39 is 0 Å². The summed E-state index contributed by atoms with van der Waals surface area (Å²) in [5.41, 5.74) is 3.62. The molecule has 0 aliphatic carbocycles. The first-order valence-corrected chi connectivity index (χ1v) is 6.60. The Morgan fingerprint density at radius 3 is 2.25 bits per heavy atom. The Bertz CT molecular complexity index is 580. The van der Waals surface area contributed by atoms with E-state index in [1.54, 1.807) is 24.3 Å². The van der Waals surface area contributed by atoms with Crippen LogP contribution in [0.5, 0.6) is 0 Å². The van der Waals surface area contributed by atoms with Crippen LogP contribution in [0.1, 0.15) is 13.8 Å². The summed E-state index contributed by atoms with van der Waals surface area (Å²) in [5, 5.41) is 24.9. The zero-order valence-electron chi connectivity index (χ0n) is 11.0. The lowest BCUT2D eigenvalue weighted by atomic mass is 10.2. The molecule has 0 bridgehead atoms. The fraction of sp³-hybridized carbons (Fsp3) is 0.308. The third-order valence-electron chi connectivity index (χ3n) is 2.26. The molecule has 0 saturated carbocycles. The highest BCUT2D eigenvalue weighted by atomic mass is 35.5. The molecule has 0 fully saturated rings. The van der Waals surface area contributed by atoms with Gasteiger partial charge in [0.25, 0.3) is 0 Å². The Morgan fingerprint density at radius 1 is 1.20 bits per heavy atom. The molecule has 5 nitrogen and oxygen atoms in total. The lowest BCUT2D eigenvalue weighted by molar-refractivity contribution is 0.689. The fourth-order valence-corrected chi connectivity index (χ4v) is 1.62. The van der Waals surface area contributed by atoms with Crippen LogP contribution in [0.25, 0.3) is 0 Å². The van der Waals surface area contributed by atoms with Crippen LogP contribution >= 0.6 is 23.2 Å². The van der Waals surface area contributed by atoms with E-state index in [2.05, 4.69) is 29.7 Å². The molecule has 1 rings (SSSR count). The number of nitriles is 2. The molecule has 0 amide bonds. The number of halogens is 2. The number of rotatable bonds is 5. The number of benzene rings is 1. The highest BCUT2D eigenvalue weighted by molar-refractivity contribution is 6.42. The summed E-state index contributed by atoms with van der Waals surface area (Å²) < 4.78 is 0. The summed E-state index contributed by atoms with van der Waals surface area (Å²) >= 11 is 11.9. The summed E-state index contributed by atoms with van der Waals surface area (Å²) in [6, 6.07) is 6.58. The number of nitrogens with one attached hydrogen (secondary N) is 2. The molecule has 1 aromatic rings. The van der Waals surface area contributed by atoms with Crippen molar-refractivity contribution in [3.8, 4) is 12.1 Å². The molecule has 0 aliphatic rings. The first kappa shape index (κ1) is 16.1. The monoisotopic (exact) mass is 309 g/mol. The van der Waals surface area contributed by atoms with Gasteiger partial charge in [0.05, 0.1) is 21.4 Å². The van der Waals surface area contributed by atoms with Crippen LogP contribution in [0.4, 0.5) is 11.4 Å². The summed E-state index contributed by atoms with van der Waals surface area (Å²) in [6.45, 7) is 4.87. The summed E-state index contributed by atoms with van der Waals surface area (Å²) in [4.78, 5) is 0. The maximum atomic E-state index is 8.64. The Kier molecular flexibility index (Phi) is 6.11. The van der Waals surface area contributed by atoms with Gasteiger partial charge in [0.2, 0.25) is 5.71 Å². The van der Waals surface area contributed by atoms with Gasteiger partial charge in [-0.3, -0.25) is 5.43 Å². The van der Waals surface area contributed by atoms with Crippen molar-refractivity contribution in [2.24, 2.45) is 11.0 Å². The van der Waals surface area contributed by atoms with Crippen molar-refractivity contribution in [1.29, 1.82) is 10.5 Å². The topological polar surface area (TPSA) is 84.0 Å². The van der Waals surface area contributed by atoms with Crippen molar-refractivity contribution in [2.75, 3.05) is 17.3 Å². The predicted molar refractivity (Wildman–Crippen MR) is 82.1 cm³/mol. The highest BCUT2D eigenvalue weighted by Gasteiger charge is 2.08. The molecule has 0 heterocycles. The number of nitrogens with zero attached hydrogens (tertiary/aromatic N) is 3. The molecular weight excluding hydrogens is 297 g/mol. The molecule has 0 radical (unpaired) electrons. The van der Waals surface area contributed by atoms with Crippen molar-refractivity contribution >= 4 is 40.3 Å². The largest absolute Gasteiger partial charge is 0.383 e. The number of anilines is 2. The van der Waals surface area contributed by atoms with Crippen LogP contribution in [0.3, 0.4) is 0 Å². The van der Waals surface area contributed by atoms with Gasteiger partial charge in [0, 0.05) is 6.54 Å². The van der Waals surface area contributed by atoms with E-state index in [4.69, 9.17) is 33.7 Å². The molecule has 104 valence electrons. The minimum absolute atomic E-state index is 0.272. The van der Waals surface area contributed by atoms with Gasteiger partial charge in [-0.1, -0.05) is 37.0 Å². The van der Waals surface area contributed by atoms with Gasteiger partial charge < -0.3 is 5.32 Å². The zero-order chi connectivity index (χ0) is 15.1. The van der Waals surface area contributed by atoms with Gasteiger partial charge in [-0.05, 0) is 18.1 Å². The molecule has 0 aromatic heterocycles. The molecule has 2 N–H and O–H groups in total. The van der Waals surface area contributed by atoms with Crippen LogP contribution in [0.2, 0.25) is 10.0 Å². The number of hydrogen-bond donors (Lipinski definition) is 2. The van der Waals surface area contributed by atoms with E-state index in [0.29, 0.717) is 27.3 Å². The molecule has 0 atom stereocenters.